The van der Waals surface area contributed by atoms with Crippen LogP contribution in [0, 0.1) is 13.8 Å². The van der Waals surface area contributed by atoms with E-state index in [-0.39, 0.29) is 11.8 Å². The Kier molecular flexibility index (Phi) is 7.01. The molecule has 0 spiro atoms. The summed E-state index contributed by atoms with van der Waals surface area (Å²) in [5, 5.41) is 3.00. The van der Waals surface area contributed by atoms with Crippen LogP contribution in [0.2, 0.25) is 0 Å². The van der Waals surface area contributed by atoms with E-state index in [2.05, 4.69) is 10.2 Å². The molecule has 6 nitrogen and oxygen atoms in total. The molecule has 0 unspecified atom stereocenters. The van der Waals surface area contributed by atoms with Crippen molar-refractivity contribution in [2.24, 2.45) is 0 Å². The van der Waals surface area contributed by atoms with Gasteiger partial charge in [-0.3, -0.25) is 14.5 Å². The number of ether oxygens (including phenoxy) is 1. The molecule has 2 aromatic carbocycles. The zero-order chi connectivity index (χ0) is 20.8. The number of carbonyl (C=O) groups is 2. The van der Waals surface area contributed by atoms with Gasteiger partial charge in [-0.15, -0.1) is 0 Å². The highest BCUT2D eigenvalue weighted by Crippen LogP contribution is 2.18. The fourth-order valence-corrected chi connectivity index (χ4v) is 3.48. The number of carbonyl (C=O) groups excluding carboxylic acids is 2. The molecule has 154 valence electrons. The van der Waals surface area contributed by atoms with Gasteiger partial charge in [0.15, 0.2) is 0 Å². The number of rotatable bonds is 6. The summed E-state index contributed by atoms with van der Waals surface area (Å²) in [5.74, 6) is 0.0145. The Labute approximate surface area is 172 Å². The van der Waals surface area contributed by atoms with E-state index < -0.39 is 0 Å². The van der Waals surface area contributed by atoms with Crippen LogP contribution in [0.4, 0.5) is 5.69 Å². The molecule has 6 heteroatoms. The molecule has 3 rings (SSSR count). The maximum absolute atomic E-state index is 12.7. The third-order valence-electron chi connectivity index (χ3n) is 5.42. The van der Waals surface area contributed by atoms with Gasteiger partial charge in [-0.1, -0.05) is 24.3 Å². The molecule has 0 atom stereocenters. The Hall–Kier alpha value is -2.70. The van der Waals surface area contributed by atoms with Gasteiger partial charge in [-0.2, -0.15) is 0 Å². The highest BCUT2D eigenvalue weighted by atomic mass is 16.5. The predicted molar refractivity (Wildman–Crippen MR) is 114 cm³/mol. The van der Waals surface area contributed by atoms with Crippen LogP contribution in [-0.2, 0) is 16.1 Å². The first kappa shape index (κ1) is 21.0. The van der Waals surface area contributed by atoms with Gasteiger partial charge in [-0.25, -0.2) is 0 Å². The third kappa shape index (κ3) is 5.43. The van der Waals surface area contributed by atoms with Gasteiger partial charge in [0.25, 0.3) is 5.91 Å². The van der Waals surface area contributed by atoms with Crippen LogP contribution in [-0.4, -0.2) is 61.4 Å². The lowest BCUT2D eigenvalue weighted by Crippen LogP contribution is -2.50. The summed E-state index contributed by atoms with van der Waals surface area (Å²) in [6.07, 6.45) is 0. The molecular weight excluding hydrogens is 366 g/mol. The van der Waals surface area contributed by atoms with E-state index in [1.807, 2.05) is 61.2 Å². The number of benzene rings is 2. The number of nitrogens with one attached hydrogen (secondary N) is 1. The van der Waals surface area contributed by atoms with Crippen LogP contribution < -0.4 is 5.32 Å². The quantitative estimate of drug-likeness (QED) is 0.817. The maximum atomic E-state index is 12.7. The van der Waals surface area contributed by atoms with Crippen LogP contribution in [0.3, 0.4) is 0 Å². The summed E-state index contributed by atoms with van der Waals surface area (Å²) in [6, 6.07) is 13.4. The fraction of sp³-hybridized carbons (Fsp3) is 0.391. The molecule has 0 aromatic heterocycles. The summed E-state index contributed by atoms with van der Waals surface area (Å²) in [4.78, 5) is 29.1. The van der Waals surface area contributed by atoms with E-state index in [4.69, 9.17) is 4.74 Å². The molecule has 0 radical (unpaired) electrons. The van der Waals surface area contributed by atoms with E-state index >= 15 is 0 Å². The van der Waals surface area contributed by atoms with E-state index in [9.17, 15) is 9.59 Å². The van der Waals surface area contributed by atoms with Crippen LogP contribution >= 0.6 is 0 Å². The molecule has 2 aromatic rings. The molecule has 1 N–H and O–H groups in total. The van der Waals surface area contributed by atoms with Crippen molar-refractivity contribution in [1.82, 2.24) is 9.80 Å². The van der Waals surface area contributed by atoms with Gasteiger partial charge in [0.05, 0.1) is 13.2 Å². The van der Waals surface area contributed by atoms with Crippen molar-refractivity contribution in [2.45, 2.75) is 20.5 Å². The maximum Gasteiger partial charge on any atom is 0.253 e. The lowest BCUT2D eigenvalue weighted by Gasteiger charge is -2.34. The van der Waals surface area contributed by atoms with Crippen LogP contribution in [0.1, 0.15) is 27.0 Å². The van der Waals surface area contributed by atoms with Gasteiger partial charge >= 0.3 is 0 Å². The summed E-state index contributed by atoms with van der Waals surface area (Å²) in [5.41, 5.74) is 4.84. The number of piperazine rings is 1. The van der Waals surface area contributed by atoms with Crippen molar-refractivity contribution in [3.63, 3.8) is 0 Å². The highest BCUT2D eigenvalue weighted by molar-refractivity contribution is 5.94. The molecule has 0 aliphatic carbocycles. The topological polar surface area (TPSA) is 61.9 Å². The van der Waals surface area contributed by atoms with Crippen LogP contribution in [0.15, 0.2) is 42.5 Å². The van der Waals surface area contributed by atoms with Gasteiger partial charge < -0.3 is 15.0 Å². The zero-order valence-corrected chi connectivity index (χ0v) is 17.4. The average Bonchev–Trinajstić information content (AvgIpc) is 2.72. The smallest absolute Gasteiger partial charge is 0.253 e. The first-order chi connectivity index (χ1) is 14.0. The molecule has 1 aliphatic rings. The molecule has 1 aliphatic heterocycles. The monoisotopic (exact) mass is 395 g/mol. The van der Waals surface area contributed by atoms with E-state index in [0.29, 0.717) is 44.9 Å². The van der Waals surface area contributed by atoms with Crippen molar-refractivity contribution in [2.75, 3.05) is 45.2 Å². The first-order valence-electron chi connectivity index (χ1n) is 9.93. The predicted octanol–water partition coefficient (Wildman–Crippen LogP) is 2.85. The van der Waals surface area contributed by atoms with E-state index in [0.717, 1.165) is 22.4 Å². The van der Waals surface area contributed by atoms with Crippen molar-refractivity contribution in [3.05, 3.63) is 64.7 Å². The molecule has 1 saturated heterocycles. The second-order valence-electron chi connectivity index (χ2n) is 7.49. The largest absolute Gasteiger partial charge is 0.380 e. The van der Waals surface area contributed by atoms with Crippen molar-refractivity contribution in [3.8, 4) is 0 Å². The minimum absolute atomic E-state index is 0.0211. The van der Waals surface area contributed by atoms with Crippen molar-refractivity contribution < 1.29 is 14.3 Å². The van der Waals surface area contributed by atoms with Crippen LogP contribution in [0.5, 0.6) is 0 Å². The van der Waals surface area contributed by atoms with Gasteiger partial charge in [-0.05, 0) is 48.7 Å². The summed E-state index contributed by atoms with van der Waals surface area (Å²) >= 11 is 0. The number of hydrogen-bond donors (Lipinski definition) is 1. The molecule has 1 fully saturated rings. The number of nitrogens with zero attached hydrogens (tertiary/aromatic N) is 2. The fourth-order valence-electron chi connectivity index (χ4n) is 3.48. The minimum Gasteiger partial charge on any atom is -0.380 e. The number of amides is 2. The SMILES string of the molecule is COCc1ccc(C(=O)N2CCN(CC(=O)Nc3cccc(C)c3C)CC2)cc1. The number of hydrogen-bond acceptors (Lipinski definition) is 4. The van der Waals surface area contributed by atoms with E-state index in [1.165, 1.54) is 0 Å². The molecule has 2 amide bonds. The third-order valence-corrected chi connectivity index (χ3v) is 5.42. The van der Waals surface area contributed by atoms with Gasteiger partial charge in [0.1, 0.15) is 0 Å². The lowest BCUT2D eigenvalue weighted by atomic mass is 10.1. The Morgan fingerprint density at radius 2 is 1.69 bits per heavy atom. The Bertz CT molecular complexity index is 856. The summed E-state index contributed by atoms with van der Waals surface area (Å²) < 4.78 is 5.10. The molecule has 0 bridgehead atoms. The Morgan fingerprint density at radius 3 is 2.34 bits per heavy atom. The summed E-state index contributed by atoms with van der Waals surface area (Å²) in [7, 11) is 1.65. The molecule has 1 heterocycles. The average molecular weight is 396 g/mol. The zero-order valence-electron chi connectivity index (χ0n) is 17.4. The molecular formula is C23H29N3O3. The van der Waals surface area contributed by atoms with Gasteiger partial charge in [0.2, 0.25) is 5.91 Å². The molecule has 0 saturated carbocycles. The normalized spacial score (nSPS) is 14.7. The number of methoxy groups -OCH3 is 1. The van der Waals surface area contributed by atoms with Crippen molar-refractivity contribution in [1.29, 1.82) is 0 Å². The van der Waals surface area contributed by atoms with E-state index in [1.54, 1.807) is 7.11 Å². The Morgan fingerprint density at radius 1 is 1.00 bits per heavy atom. The first-order valence-corrected chi connectivity index (χ1v) is 9.93. The molecule has 29 heavy (non-hydrogen) atoms. The standard InChI is InChI=1S/C23H29N3O3/c1-17-5-4-6-21(18(17)2)24-22(27)15-25-11-13-26(14-12-25)23(28)20-9-7-19(8-10-20)16-29-3/h4-10H,11-16H2,1-3H3,(H,24,27). The second-order valence-corrected chi connectivity index (χ2v) is 7.49. The second kappa shape index (κ2) is 9.67. The lowest BCUT2D eigenvalue weighted by molar-refractivity contribution is -0.117. The minimum atomic E-state index is -0.0211. The van der Waals surface area contributed by atoms with Gasteiger partial charge in [0, 0.05) is 44.5 Å². The van der Waals surface area contributed by atoms with Crippen molar-refractivity contribution >= 4 is 17.5 Å². The highest BCUT2D eigenvalue weighted by Gasteiger charge is 2.23. The summed E-state index contributed by atoms with van der Waals surface area (Å²) in [6.45, 7) is 7.54. The van der Waals surface area contributed by atoms with Crippen LogP contribution in [0.25, 0.3) is 0 Å². The Balaban J connectivity index is 1.49. The number of anilines is 1. The number of aryl methyl sites for hydroxylation is 1.